The van der Waals surface area contributed by atoms with E-state index in [-0.39, 0.29) is 29.8 Å². The van der Waals surface area contributed by atoms with Crippen molar-refractivity contribution in [2.45, 2.75) is 57.0 Å². The van der Waals surface area contributed by atoms with Crippen molar-refractivity contribution in [2.75, 3.05) is 26.7 Å². The molecule has 0 atom stereocenters. The lowest BCUT2D eigenvalue weighted by Crippen LogP contribution is -2.50. The van der Waals surface area contributed by atoms with Crippen molar-refractivity contribution < 1.29 is 4.39 Å². The van der Waals surface area contributed by atoms with Crippen molar-refractivity contribution in [1.29, 1.82) is 0 Å². The number of hydrogen-bond acceptors (Lipinski definition) is 2. The van der Waals surface area contributed by atoms with Crippen LogP contribution < -0.4 is 10.6 Å². The number of likely N-dealkylation sites (tertiary alicyclic amines) is 1. The van der Waals surface area contributed by atoms with Gasteiger partial charge in [-0.3, -0.25) is 4.99 Å². The fourth-order valence-corrected chi connectivity index (χ4v) is 4.37. The Balaban J connectivity index is 0.00000261. The number of benzene rings is 1. The number of aliphatic imine (C=N–C) groups is 1. The van der Waals surface area contributed by atoms with E-state index in [2.05, 4.69) is 20.5 Å². The highest BCUT2D eigenvalue weighted by Gasteiger charge is 2.27. The van der Waals surface area contributed by atoms with Crippen LogP contribution in [-0.4, -0.2) is 49.6 Å². The third-order valence-electron chi connectivity index (χ3n) is 5.64. The molecule has 0 amide bonds. The fraction of sp³-hybridized carbons (Fsp3) is 0.650. The third-order valence-corrected chi connectivity index (χ3v) is 5.99. The molecule has 1 heterocycles. The van der Waals surface area contributed by atoms with E-state index in [1.807, 2.05) is 0 Å². The summed E-state index contributed by atoms with van der Waals surface area (Å²) in [4.78, 5) is 7.01. The molecule has 1 aliphatic heterocycles. The Hall–Kier alpha value is -0.600. The van der Waals surface area contributed by atoms with Gasteiger partial charge in [0.15, 0.2) is 5.96 Å². The molecule has 2 aliphatic rings. The normalized spacial score (nSPS) is 19.7. The number of nitrogens with zero attached hydrogens (tertiary/aromatic N) is 2. The van der Waals surface area contributed by atoms with Gasteiger partial charge in [0.05, 0.1) is 0 Å². The highest BCUT2D eigenvalue weighted by Crippen LogP contribution is 2.26. The fourth-order valence-electron chi connectivity index (χ4n) is 4.11. The maximum atomic E-state index is 13.1. The van der Waals surface area contributed by atoms with Crippen LogP contribution in [0.3, 0.4) is 0 Å². The van der Waals surface area contributed by atoms with Crippen LogP contribution in [0.1, 0.15) is 44.1 Å². The summed E-state index contributed by atoms with van der Waals surface area (Å²) in [6.45, 7) is 3.08. The molecule has 0 radical (unpaired) electrons. The lowest BCUT2D eigenvalue weighted by Gasteiger charge is -2.36. The zero-order valence-electron chi connectivity index (χ0n) is 16.0. The second-order valence-electron chi connectivity index (χ2n) is 7.38. The highest BCUT2D eigenvalue weighted by molar-refractivity contribution is 14.0. The molecule has 0 unspecified atom stereocenters. The molecule has 1 aromatic rings. The molecule has 152 valence electrons. The molecule has 27 heavy (non-hydrogen) atoms. The van der Waals surface area contributed by atoms with Crippen molar-refractivity contribution in [3.63, 3.8) is 0 Å². The number of guanidine groups is 1. The van der Waals surface area contributed by atoms with Crippen molar-refractivity contribution in [3.8, 4) is 0 Å². The van der Waals surface area contributed by atoms with Gasteiger partial charge in [-0.25, -0.2) is 4.39 Å². The molecule has 2 N–H and O–H groups in total. The van der Waals surface area contributed by atoms with E-state index in [4.69, 9.17) is 11.6 Å². The molecular formula is C20H31ClFIN4. The summed E-state index contributed by atoms with van der Waals surface area (Å²) in [5, 5.41) is 7.37. The topological polar surface area (TPSA) is 39.7 Å². The SMILES string of the molecule is CN=C(NCCc1ccc(F)cc1Cl)NC1CCN(C2CCCC2)CC1.I. The lowest BCUT2D eigenvalue weighted by molar-refractivity contribution is 0.150. The van der Waals surface area contributed by atoms with Crippen LogP contribution >= 0.6 is 35.6 Å². The average Bonchev–Trinajstić information content (AvgIpc) is 3.18. The van der Waals surface area contributed by atoms with Crippen LogP contribution in [-0.2, 0) is 6.42 Å². The van der Waals surface area contributed by atoms with Gasteiger partial charge in [0, 0.05) is 43.8 Å². The van der Waals surface area contributed by atoms with Crippen molar-refractivity contribution >= 4 is 41.5 Å². The van der Waals surface area contributed by atoms with E-state index in [1.54, 1.807) is 13.1 Å². The van der Waals surface area contributed by atoms with Crippen LogP contribution in [0.25, 0.3) is 0 Å². The van der Waals surface area contributed by atoms with Gasteiger partial charge in [0.1, 0.15) is 5.82 Å². The van der Waals surface area contributed by atoms with Gasteiger partial charge in [-0.15, -0.1) is 24.0 Å². The molecule has 1 aliphatic carbocycles. The zero-order chi connectivity index (χ0) is 18.4. The maximum Gasteiger partial charge on any atom is 0.191 e. The van der Waals surface area contributed by atoms with E-state index >= 15 is 0 Å². The zero-order valence-corrected chi connectivity index (χ0v) is 19.1. The Kier molecular flexibility index (Phi) is 9.59. The maximum absolute atomic E-state index is 13.1. The van der Waals surface area contributed by atoms with Gasteiger partial charge in [0.2, 0.25) is 0 Å². The summed E-state index contributed by atoms with van der Waals surface area (Å²) in [6, 6.07) is 5.87. The van der Waals surface area contributed by atoms with Crippen LogP contribution in [0, 0.1) is 5.82 Å². The Labute approximate surface area is 184 Å². The highest BCUT2D eigenvalue weighted by atomic mass is 127. The summed E-state index contributed by atoms with van der Waals surface area (Å²) < 4.78 is 13.1. The predicted octanol–water partition coefficient (Wildman–Crippen LogP) is 4.21. The van der Waals surface area contributed by atoms with Gasteiger partial charge < -0.3 is 15.5 Å². The van der Waals surface area contributed by atoms with E-state index in [1.165, 1.54) is 63.7 Å². The van der Waals surface area contributed by atoms with Gasteiger partial charge in [0.25, 0.3) is 0 Å². The number of hydrogen-bond donors (Lipinski definition) is 2. The minimum atomic E-state index is -0.298. The predicted molar refractivity (Wildman–Crippen MR) is 122 cm³/mol. The van der Waals surface area contributed by atoms with E-state index in [9.17, 15) is 4.39 Å². The molecule has 3 rings (SSSR count). The van der Waals surface area contributed by atoms with Crippen molar-refractivity contribution in [2.24, 2.45) is 4.99 Å². The summed E-state index contributed by atoms with van der Waals surface area (Å²) in [6.07, 6.45) is 8.64. The molecule has 0 aromatic heterocycles. The van der Waals surface area contributed by atoms with Gasteiger partial charge >= 0.3 is 0 Å². The monoisotopic (exact) mass is 508 g/mol. The van der Waals surface area contributed by atoms with E-state index < -0.39 is 0 Å². The van der Waals surface area contributed by atoms with Crippen molar-refractivity contribution in [3.05, 3.63) is 34.6 Å². The van der Waals surface area contributed by atoms with Crippen LogP contribution in [0.2, 0.25) is 5.02 Å². The Bertz CT molecular complexity index is 614. The number of rotatable bonds is 5. The Morgan fingerprint density at radius 2 is 1.93 bits per heavy atom. The molecule has 1 aromatic carbocycles. The average molecular weight is 509 g/mol. The molecule has 7 heteroatoms. The summed E-state index contributed by atoms with van der Waals surface area (Å²) >= 11 is 6.08. The molecule has 4 nitrogen and oxygen atoms in total. The molecule has 1 saturated carbocycles. The number of piperidine rings is 1. The minimum Gasteiger partial charge on any atom is -0.356 e. The molecular weight excluding hydrogens is 478 g/mol. The van der Waals surface area contributed by atoms with Crippen LogP contribution in [0.15, 0.2) is 23.2 Å². The standard InChI is InChI=1S/C20H30ClFN4.HI/c1-23-20(24-11-8-15-6-7-16(22)14-19(15)21)25-17-9-12-26(13-10-17)18-4-2-3-5-18;/h6-7,14,17-18H,2-5,8-13H2,1H3,(H2,23,24,25);1H. The molecule has 0 spiro atoms. The molecule has 2 fully saturated rings. The van der Waals surface area contributed by atoms with Gasteiger partial charge in [-0.2, -0.15) is 0 Å². The summed E-state index contributed by atoms with van der Waals surface area (Å²) in [7, 11) is 1.80. The smallest absolute Gasteiger partial charge is 0.191 e. The van der Waals surface area contributed by atoms with E-state index in [0.29, 0.717) is 17.6 Å². The summed E-state index contributed by atoms with van der Waals surface area (Å²) in [5.41, 5.74) is 0.945. The second kappa shape index (κ2) is 11.4. The third kappa shape index (κ3) is 6.75. The van der Waals surface area contributed by atoms with E-state index in [0.717, 1.165) is 24.0 Å². The molecule has 0 bridgehead atoms. The Morgan fingerprint density at radius 1 is 1.22 bits per heavy atom. The van der Waals surface area contributed by atoms with Crippen LogP contribution in [0.5, 0.6) is 0 Å². The van der Waals surface area contributed by atoms with Gasteiger partial charge in [-0.05, 0) is 49.8 Å². The minimum absolute atomic E-state index is 0. The first-order valence-electron chi connectivity index (χ1n) is 9.81. The quantitative estimate of drug-likeness (QED) is 0.356. The first kappa shape index (κ1) is 22.7. The first-order chi connectivity index (χ1) is 12.7. The first-order valence-corrected chi connectivity index (χ1v) is 10.2. The van der Waals surface area contributed by atoms with Crippen molar-refractivity contribution in [1.82, 2.24) is 15.5 Å². The second-order valence-corrected chi connectivity index (χ2v) is 7.78. The van der Waals surface area contributed by atoms with Gasteiger partial charge in [-0.1, -0.05) is 30.5 Å². The lowest BCUT2D eigenvalue weighted by atomic mass is 10.0. The Morgan fingerprint density at radius 3 is 2.56 bits per heavy atom. The molecule has 1 saturated heterocycles. The number of nitrogens with one attached hydrogen (secondary N) is 2. The largest absolute Gasteiger partial charge is 0.356 e. The number of halogens is 3. The van der Waals surface area contributed by atoms with Crippen LogP contribution in [0.4, 0.5) is 4.39 Å². The summed E-state index contributed by atoms with van der Waals surface area (Å²) in [5.74, 6) is 0.538.